The largest absolute Gasteiger partial charge is 0.497 e. The molecule has 1 aromatic carbocycles. The van der Waals surface area contributed by atoms with Gasteiger partial charge in [-0.2, -0.15) is 0 Å². The van der Waals surface area contributed by atoms with Crippen molar-refractivity contribution in [3.05, 3.63) is 23.8 Å². The number of carbonyl (C=O) groups excluding carboxylic acids is 1. The SMILES string of the molecule is CCCNC(=O)COc1cc(OC)cc(C(N)=S)c1. The van der Waals surface area contributed by atoms with Crippen LogP contribution in [0.1, 0.15) is 18.9 Å². The van der Waals surface area contributed by atoms with Crippen molar-refractivity contribution in [2.24, 2.45) is 5.73 Å². The maximum Gasteiger partial charge on any atom is 0.257 e. The van der Waals surface area contributed by atoms with Crippen molar-refractivity contribution < 1.29 is 14.3 Å². The van der Waals surface area contributed by atoms with Gasteiger partial charge in [0, 0.05) is 18.2 Å². The first-order valence-electron chi connectivity index (χ1n) is 5.95. The lowest BCUT2D eigenvalue weighted by Crippen LogP contribution is -2.29. The van der Waals surface area contributed by atoms with Crippen molar-refractivity contribution in [3.63, 3.8) is 0 Å². The summed E-state index contributed by atoms with van der Waals surface area (Å²) in [7, 11) is 1.54. The lowest BCUT2D eigenvalue weighted by molar-refractivity contribution is -0.123. The van der Waals surface area contributed by atoms with Crippen LogP contribution in [0.4, 0.5) is 0 Å². The van der Waals surface area contributed by atoms with E-state index >= 15 is 0 Å². The second-order valence-electron chi connectivity index (χ2n) is 3.90. The maximum atomic E-state index is 11.4. The van der Waals surface area contributed by atoms with Gasteiger partial charge in [-0.25, -0.2) is 0 Å². The summed E-state index contributed by atoms with van der Waals surface area (Å²) in [6, 6.07) is 5.07. The van der Waals surface area contributed by atoms with Gasteiger partial charge < -0.3 is 20.5 Å². The summed E-state index contributed by atoms with van der Waals surface area (Å²) in [5.41, 5.74) is 6.21. The van der Waals surface area contributed by atoms with Crippen molar-refractivity contribution in [3.8, 4) is 11.5 Å². The first-order chi connectivity index (χ1) is 9.06. The highest BCUT2D eigenvalue weighted by molar-refractivity contribution is 7.80. The van der Waals surface area contributed by atoms with Crippen LogP contribution in [0.2, 0.25) is 0 Å². The predicted octanol–water partition coefficient (Wildman–Crippen LogP) is 1.23. The van der Waals surface area contributed by atoms with Gasteiger partial charge in [-0.3, -0.25) is 4.79 Å². The number of methoxy groups -OCH3 is 1. The van der Waals surface area contributed by atoms with Crippen LogP contribution in [0.5, 0.6) is 11.5 Å². The van der Waals surface area contributed by atoms with Crippen molar-refractivity contribution >= 4 is 23.1 Å². The third kappa shape index (κ3) is 5.13. The third-order valence-electron chi connectivity index (χ3n) is 2.34. The average Bonchev–Trinajstić information content (AvgIpc) is 2.42. The molecule has 19 heavy (non-hydrogen) atoms. The summed E-state index contributed by atoms with van der Waals surface area (Å²) in [4.78, 5) is 11.7. The number of ether oxygens (including phenoxy) is 2. The van der Waals surface area contributed by atoms with E-state index in [-0.39, 0.29) is 17.5 Å². The van der Waals surface area contributed by atoms with E-state index in [2.05, 4.69) is 5.32 Å². The molecule has 5 nitrogen and oxygen atoms in total. The van der Waals surface area contributed by atoms with Crippen LogP contribution in [0, 0.1) is 0 Å². The van der Waals surface area contributed by atoms with E-state index in [0.29, 0.717) is 23.6 Å². The lowest BCUT2D eigenvalue weighted by Gasteiger charge is -2.10. The molecule has 1 amide bonds. The van der Waals surface area contributed by atoms with Gasteiger partial charge in [0.2, 0.25) is 0 Å². The van der Waals surface area contributed by atoms with Gasteiger partial charge in [-0.15, -0.1) is 0 Å². The molecule has 0 aliphatic heterocycles. The molecule has 0 fully saturated rings. The molecule has 1 aromatic rings. The summed E-state index contributed by atoms with van der Waals surface area (Å²) in [6.45, 7) is 2.57. The molecule has 0 aliphatic carbocycles. The van der Waals surface area contributed by atoms with Gasteiger partial charge in [0.15, 0.2) is 6.61 Å². The molecular weight excluding hydrogens is 264 g/mol. The minimum Gasteiger partial charge on any atom is -0.497 e. The Morgan fingerprint density at radius 3 is 2.63 bits per heavy atom. The Morgan fingerprint density at radius 2 is 2.05 bits per heavy atom. The van der Waals surface area contributed by atoms with Crippen molar-refractivity contribution in [2.75, 3.05) is 20.3 Å². The fourth-order valence-corrected chi connectivity index (χ4v) is 1.50. The molecule has 0 atom stereocenters. The number of nitrogens with one attached hydrogen (secondary N) is 1. The summed E-state index contributed by atoms with van der Waals surface area (Å²) in [5, 5.41) is 2.72. The van der Waals surface area contributed by atoms with E-state index in [1.54, 1.807) is 18.2 Å². The summed E-state index contributed by atoms with van der Waals surface area (Å²) in [6.07, 6.45) is 0.885. The number of hydrogen-bond acceptors (Lipinski definition) is 4. The highest BCUT2D eigenvalue weighted by Gasteiger charge is 2.07. The van der Waals surface area contributed by atoms with Crippen LogP contribution in [0.15, 0.2) is 18.2 Å². The molecule has 0 bridgehead atoms. The molecule has 6 heteroatoms. The van der Waals surface area contributed by atoms with Crippen LogP contribution in [-0.4, -0.2) is 31.2 Å². The third-order valence-corrected chi connectivity index (χ3v) is 2.58. The Labute approximate surface area is 118 Å². The van der Waals surface area contributed by atoms with Crippen LogP contribution in [0.3, 0.4) is 0 Å². The van der Waals surface area contributed by atoms with Crippen molar-refractivity contribution in [2.45, 2.75) is 13.3 Å². The molecule has 0 saturated carbocycles. The molecule has 0 unspecified atom stereocenters. The topological polar surface area (TPSA) is 73.6 Å². The molecule has 0 spiro atoms. The number of benzene rings is 1. The average molecular weight is 282 g/mol. The molecule has 0 radical (unpaired) electrons. The van der Waals surface area contributed by atoms with Gasteiger partial charge >= 0.3 is 0 Å². The molecule has 1 rings (SSSR count). The Kier molecular flexibility index (Phi) is 6.08. The number of amides is 1. The second kappa shape index (κ2) is 7.58. The van der Waals surface area contributed by atoms with E-state index < -0.39 is 0 Å². The molecular formula is C13H18N2O3S. The first kappa shape index (κ1) is 15.2. The summed E-state index contributed by atoms with van der Waals surface area (Å²) < 4.78 is 10.5. The highest BCUT2D eigenvalue weighted by Crippen LogP contribution is 2.22. The molecule has 3 N–H and O–H groups in total. The summed E-state index contributed by atoms with van der Waals surface area (Å²) in [5.74, 6) is 0.907. The minimum absolute atomic E-state index is 0.0516. The fraction of sp³-hybridized carbons (Fsp3) is 0.385. The van der Waals surface area contributed by atoms with E-state index in [1.807, 2.05) is 6.92 Å². The molecule has 0 aliphatic rings. The van der Waals surface area contributed by atoms with Gasteiger partial charge in [0.25, 0.3) is 5.91 Å². The number of carbonyl (C=O) groups is 1. The number of hydrogen-bond donors (Lipinski definition) is 2. The zero-order valence-electron chi connectivity index (χ0n) is 11.1. The van der Waals surface area contributed by atoms with Crippen LogP contribution in [-0.2, 0) is 4.79 Å². The Bertz CT molecular complexity index is 463. The first-order valence-corrected chi connectivity index (χ1v) is 6.36. The molecule has 104 valence electrons. The van der Waals surface area contributed by atoms with Crippen LogP contribution < -0.4 is 20.5 Å². The maximum absolute atomic E-state index is 11.4. The van der Waals surface area contributed by atoms with Gasteiger partial charge in [0.05, 0.1) is 7.11 Å². The highest BCUT2D eigenvalue weighted by atomic mass is 32.1. The Balaban J connectivity index is 2.69. The van der Waals surface area contributed by atoms with E-state index in [0.717, 1.165) is 6.42 Å². The van der Waals surface area contributed by atoms with Crippen molar-refractivity contribution in [1.82, 2.24) is 5.32 Å². The van der Waals surface area contributed by atoms with Gasteiger partial charge in [-0.1, -0.05) is 19.1 Å². The van der Waals surface area contributed by atoms with Gasteiger partial charge in [0.1, 0.15) is 16.5 Å². The smallest absolute Gasteiger partial charge is 0.257 e. The second-order valence-corrected chi connectivity index (χ2v) is 4.34. The predicted molar refractivity (Wildman–Crippen MR) is 77.7 cm³/mol. The quantitative estimate of drug-likeness (QED) is 0.736. The number of thiocarbonyl (C=S) groups is 1. The zero-order valence-corrected chi connectivity index (χ0v) is 11.9. The van der Waals surface area contributed by atoms with Crippen LogP contribution >= 0.6 is 12.2 Å². The van der Waals surface area contributed by atoms with E-state index in [1.165, 1.54) is 7.11 Å². The zero-order chi connectivity index (χ0) is 14.3. The fourth-order valence-electron chi connectivity index (χ4n) is 1.38. The van der Waals surface area contributed by atoms with E-state index in [9.17, 15) is 4.79 Å². The number of nitrogens with two attached hydrogens (primary N) is 1. The van der Waals surface area contributed by atoms with Gasteiger partial charge in [-0.05, 0) is 18.6 Å². The number of rotatable bonds is 7. The van der Waals surface area contributed by atoms with Crippen LogP contribution in [0.25, 0.3) is 0 Å². The molecule has 0 saturated heterocycles. The monoisotopic (exact) mass is 282 g/mol. The van der Waals surface area contributed by atoms with Crippen molar-refractivity contribution in [1.29, 1.82) is 0 Å². The Morgan fingerprint density at radius 1 is 1.37 bits per heavy atom. The minimum atomic E-state index is -0.165. The Hall–Kier alpha value is -1.82. The normalized spacial score (nSPS) is 9.79. The molecule has 0 aromatic heterocycles. The lowest BCUT2D eigenvalue weighted by atomic mass is 10.2. The van der Waals surface area contributed by atoms with E-state index in [4.69, 9.17) is 27.4 Å². The summed E-state index contributed by atoms with van der Waals surface area (Å²) >= 11 is 4.91. The standard InChI is InChI=1S/C13H18N2O3S/c1-3-4-15-12(16)8-18-11-6-9(13(14)19)5-10(7-11)17-2/h5-7H,3-4,8H2,1-2H3,(H2,14,19)(H,15,16). The molecule has 0 heterocycles.